The number of hydrogen-bond donors (Lipinski definition) is 0. The Hall–Kier alpha value is -2.55. The van der Waals surface area contributed by atoms with E-state index in [9.17, 15) is 9.18 Å². The minimum absolute atomic E-state index is 0.227. The summed E-state index contributed by atoms with van der Waals surface area (Å²) in [4.78, 5) is 18.8. The minimum atomic E-state index is -0.298. The first-order valence-electron chi connectivity index (χ1n) is 8.59. The van der Waals surface area contributed by atoms with Gasteiger partial charge in [-0.15, -0.1) is 0 Å². The molecule has 1 aliphatic heterocycles. The van der Waals surface area contributed by atoms with Crippen molar-refractivity contribution in [1.29, 1.82) is 0 Å². The predicted molar refractivity (Wildman–Crippen MR) is 117 cm³/mol. The molecule has 9 heteroatoms. The number of halogens is 2. The number of pyridine rings is 1. The van der Waals surface area contributed by atoms with E-state index in [1.807, 2.05) is 6.92 Å². The maximum atomic E-state index is 13.1. The van der Waals surface area contributed by atoms with E-state index in [1.165, 1.54) is 28.8 Å². The van der Waals surface area contributed by atoms with Gasteiger partial charge in [-0.25, -0.2) is 9.07 Å². The van der Waals surface area contributed by atoms with Crippen molar-refractivity contribution in [2.45, 2.75) is 13.5 Å². The average Bonchev–Trinajstić information content (AvgIpc) is 3.14. The van der Waals surface area contributed by atoms with Crippen LogP contribution in [0.1, 0.15) is 16.8 Å². The summed E-state index contributed by atoms with van der Waals surface area (Å²) in [7, 11) is 0. The molecule has 0 unspecified atom stereocenters. The van der Waals surface area contributed by atoms with Gasteiger partial charge in [-0.3, -0.25) is 14.7 Å². The molecule has 0 radical (unpaired) electrons. The number of carbonyl (C=O) groups is 1. The van der Waals surface area contributed by atoms with Crippen LogP contribution in [0.25, 0.3) is 6.08 Å². The van der Waals surface area contributed by atoms with Crippen LogP contribution in [0.3, 0.4) is 0 Å². The van der Waals surface area contributed by atoms with Gasteiger partial charge in [0, 0.05) is 11.8 Å². The molecule has 1 amide bonds. The van der Waals surface area contributed by atoms with E-state index in [4.69, 9.17) is 23.8 Å². The molecule has 146 valence electrons. The highest BCUT2D eigenvalue weighted by atomic mass is 35.5. The maximum Gasteiger partial charge on any atom is 0.270 e. The fourth-order valence-corrected chi connectivity index (χ4v) is 4.48. The lowest BCUT2D eigenvalue weighted by Crippen LogP contribution is -2.27. The van der Waals surface area contributed by atoms with Crippen LogP contribution in [0.2, 0.25) is 5.15 Å². The van der Waals surface area contributed by atoms with Crippen LogP contribution in [0.5, 0.6) is 0 Å². The number of amides is 1. The van der Waals surface area contributed by atoms with Gasteiger partial charge in [0.25, 0.3) is 5.91 Å². The van der Waals surface area contributed by atoms with Crippen molar-refractivity contribution in [3.05, 3.63) is 81.5 Å². The summed E-state index contributed by atoms with van der Waals surface area (Å²) in [6.07, 6.45) is 4.93. The van der Waals surface area contributed by atoms with Crippen molar-refractivity contribution >= 4 is 57.6 Å². The number of thioether (sulfide) groups is 1. The summed E-state index contributed by atoms with van der Waals surface area (Å²) in [5.41, 5.74) is 2.82. The molecular formula is C20H14ClFN4OS2. The first kappa shape index (κ1) is 19.8. The van der Waals surface area contributed by atoms with Crippen molar-refractivity contribution < 1.29 is 9.18 Å². The molecule has 0 atom stereocenters. The van der Waals surface area contributed by atoms with Crippen molar-refractivity contribution in [1.82, 2.24) is 14.8 Å². The molecule has 0 aliphatic carbocycles. The molecular weight excluding hydrogens is 431 g/mol. The number of thiocarbonyl (C=S) groups is 1. The lowest BCUT2D eigenvalue weighted by Gasteiger charge is -2.13. The van der Waals surface area contributed by atoms with Gasteiger partial charge in [-0.2, -0.15) is 5.10 Å². The number of hydrogen-bond acceptors (Lipinski definition) is 5. The molecule has 1 saturated heterocycles. The van der Waals surface area contributed by atoms with Crippen LogP contribution in [0.4, 0.5) is 10.1 Å². The smallest absolute Gasteiger partial charge is 0.268 e. The highest BCUT2D eigenvalue weighted by Crippen LogP contribution is 2.37. The largest absolute Gasteiger partial charge is 0.270 e. The first-order chi connectivity index (χ1) is 13.9. The predicted octanol–water partition coefficient (Wildman–Crippen LogP) is 4.83. The Morgan fingerprint density at radius 3 is 2.72 bits per heavy atom. The van der Waals surface area contributed by atoms with E-state index >= 15 is 0 Å². The molecule has 0 spiro atoms. The summed E-state index contributed by atoms with van der Waals surface area (Å²) >= 11 is 13.1. The fourth-order valence-electron chi connectivity index (χ4n) is 2.91. The number of benzene rings is 1. The standard InChI is InChI=1S/C20H14ClFN4OS2/c1-12-16(18(21)25(24-12)11-13-4-6-14(22)7-5-13)9-17-19(27)26(20(28)29-17)15-3-2-8-23-10-15/h2-10H,11H2,1H3/b17-9-. The summed E-state index contributed by atoms with van der Waals surface area (Å²) in [6, 6.07) is 9.68. The van der Waals surface area contributed by atoms with Gasteiger partial charge in [-0.05, 0) is 42.8 Å². The Morgan fingerprint density at radius 2 is 2.03 bits per heavy atom. The third-order valence-electron chi connectivity index (χ3n) is 4.33. The van der Waals surface area contributed by atoms with E-state index in [0.29, 0.717) is 37.9 Å². The van der Waals surface area contributed by atoms with Crippen molar-refractivity contribution in [3.63, 3.8) is 0 Å². The minimum Gasteiger partial charge on any atom is -0.268 e. The molecule has 29 heavy (non-hydrogen) atoms. The topological polar surface area (TPSA) is 51.0 Å². The summed E-state index contributed by atoms with van der Waals surface area (Å²) in [5, 5.41) is 4.86. The number of nitrogens with zero attached hydrogens (tertiary/aromatic N) is 4. The number of aryl methyl sites for hydroxylation is 1. The van der Waals surface area contributed by atoms with Crippen LogP contribution in [0, 0.1) is 12.7 Å². The fraction of sp³-hybridized carbons (Fsp3) is 0.100. The summed E-state index contributed by atoms with van der Waals surface area (Å²) in [6.45, 7) is 2.21. The number of rotatable bonds is 4. The SMILES string of the molecule is Cc1nn(Cc2ccc(F)cc2)c(Cl)c1/C=C1\SC(=S)N(c2cccnc2)C1=O. The average molecular weight is 445 g/mol. The van der Waals surface area contributed by atoms with Crippen molar-refractivity contribution in [2.24, 2.45) is 0 Å². The van der Waals surface area contributed by atoms with Crippen molar-refractivity contribution in [3.8, 4) is 0 Å². The quantitative estimate of drug-likeness (QED) is 0.426. The van der Waals surface area contributed by atoms with Gasteiger partial charge < -0.3 is 0 Å². The van der Waals surface area contributed by atoms with Crippen LogP contribution < -0.4 is 4.90 Å². The normalized spacial score (nSPS) is 15.6. The molecule has 4 rings (SSSR count). The molecule has 1 aromatic carbocycles. The second kappa shape index (κ2) is 8.06. The van der Waals surface area contributed by atoms with Crippen LogP contribution in [-0.2, 0) is 11.3 Å². The van der Waals surface area contributed by atoms with Gasteiger partial charge in [-0.1, -0.05) is 47.7 Å². The molecule has 2 aromatic heterocycles. The third-order valence-corrected chi connectivity index (χ3v) is 6.03. The van der Waals surface area contributed by atoms with E-state index < -0.39 is 0 Å². The van der Waals surface area contributed by atoms with Crippen LogP contribution >= 0.6 is 35.6 Å². The van der Waals surface area contributed by atoms with E-state index in [1.54, 1.807) is 47.4 Å². The molecule has 0 saturated carbocycles. The second-order valence-corrected chi connectivity index (χ2v) is 8.34. The summed E-state index contributed by atoms with van der Waals surface area (Å²) < 4.78 is 15.2. The molecule has 1 fully saturated rings. The van der Waals surface area contributed by atoms with E-state index in [0.717, 1.165) is 5.56 Å². The Kier molecular flexibility index (Phi) is 5.49. The van der Waals surface area contributed by atoms with E-state index in [-0.39, 0.29) is 11.7 Å². The van der Waals surface area contributed by atoms with Gasteiger partial charge >= 0.3 is 0 Å². The third kappa shape index (κ3) is 3.96. The number of anilines is 1. The van der Waals surface area contributed by atoms with Gasteiger partial charge in [0.15, 0.2) is 4.32 Å². The Morgan fingerprint density at radius 1 is 1.28 bits per heavy atom. The van der Waals surface area contributed by atoms with Crippen molar-refractivity contribution in [2.75, 3.05) is 4.90 Å². The Bertz CT molecular complexity index is 1130. The molecule has 0 bridgehead atoms. The second-order valence-electron chi connectivity index (χ2n) is 6.30. The Balaban J connectivity index is 1.63. The Labute approximate surface area is 181 Å². The molecule has 3 heterocycles. The molecule has 3 aromatic rings. The lowest BCUT2D eigenvalue weighted by atomic mass is 10.2. The molecule has 1 aliphatic rings. The zero-order valence-electron chi connectivity index (χ0n) is 15.2. The highest BCUT2D eigenvalue weighted by molar-refractivity contribution is 8.27. The first-order valence-corrected chi connectivity index (χ1v) is 10.2. The maximum absolute atomic E-state index is 13.1. The lowest BCUT2D eigenvalue weighted by molar-refractivity contribution is -0.113. The zero-order chi connectivity index (χ0) is 20.5. The number of carbonyl (C=O) groups excluding carboxylic acids is 1. The van der Waals surface area contributed by atoms with E-state index in [2.05, 4.69) is 10.1 Å². The number of aromatic nitrogens is 3. The van der Waals surface area contributed by atoms with Gasteiger partial charge in [0.1, 0.15) is 11.0 Å². The van der Waals surface area contributed by atoms with Crippen LogP contribution in [0.15, 0.2) is 53.7 Å². The molecule has 5 nitrogen and oxygen atoms in total. The van der Waals surface area contributed by atoms with Gasteiger partial charge in [0.05, 0.1) is 29.0 Å². The highest BCUT2D eigenvalue weighted by Gasteiger charge is 2.34. The zero-order valence-corrected chi connectivity index (χ0v) is 17.6. The monoisotopic (exact) mass is 444 g/mol. The van der Waals surface area contributed by atoms with Crippen LogP contribution in [-0.4, -0.2) is 25.0 Å². The molecule has 0 N–H and O–H groups in total. The van der Waals surface area contributed by atoms with Gasteiger partial charge in [0.2, 0.25) is 0 Å². The summed E-state index contributed by atoms with van der Waals surface area (Å²) in [5.74, 6) is -0.525.